The van der Waals surface area contributed by atoms with E-state index in [9.17, 15) is 9.59 Å². The number of hydrogen-bond acceptors (Lipinski definition) is 4. The van der Waals surface area contributed by atoms with E-state index in [1.807, 2.05) is 60.7 Å². The van der Waals surface area contributed by atoms with E-state index in [0.29, 0.717) is 24.2 Å². The van der Waals surface area contributed by atoms with Crippen LogP contribution in [0.15, 0.2) is 84.9 Å². The summed E-state index contributed by atoms with van der Waals surface area (Å²) < 4.78 is 10.6. The highest BCUT2D eigenvalue weighted by molar-refractivity contribution is 5.89. The maximum atomic E-state index is 12.1. The van der Waals surface area contributed by atoms with Gasteiger partial charge in [0.1, 0.15) is 12.4 Å². The monoisotopic (exact) mass is 360 g/mol. The predicted molar refractivity (Wildman–Crippen MR) is 102 cm³/mol. The van der Waals surface area contributed by atoms with E-state index in [4.69, 9.17) is 9.47 Å². The van der Waals surface area contributed by atoms with Gasteiger partial charge < -0.3 is 9.47 Å². The van der Waals surface area contributed by atoms with Crippen LogP contribution in [0, 0.1) is 0 Å². The van der Waals surface area contributed by atoms with Crippen molar-refractivity contribution >= 4 is 11.9 Å². The minimum Gasteiger partial charge on any atom is -0.457 e. The minimum atomic E-state index is -0.416. The van der Waals surface area contributed by atoms with Crippen LogP contribution < -0.4 is 4.74 Å². The Kier molecular flexibility index (Phi) is 6.36. The van der Waals surface area contributed by atoms with Crippen LogP contribution in [0.1, 0.15) is 27.9 Å². The van der Waals surface area contributed by atoms with Gasteiger partial charge in [0, 0.05) is 6.42 Å². The molecule has 0 aliphatic carbocycles. The zero-order valence-electron chi connectivity index (χ0n) is 14.8. The Morgan fingerprint density at radius 3 is 1.93 bits per heavy atom. The van der Waals surface area contributed by atoms with Gasteiger partial charge in [0.15, 0.2) is 0 Å². The third-order valence-electron chi connectivity index (χ3n) is 4.00. The Labute approximate surface area is 158 Å². The molecule has 0 N–H and O–H groups in total. The first-order valence-corrected chi connectivity index (χ1v) is 8.76. The summed E-state index contributed by atoms with van der Waals surface area (Å²) in [5.41, 5.74) is 2.43. The van der Waals surface area contributed by atoms with Crippen molar-refractivity contribution in [3.8, 4) is 5.75 Å². The van der Waals surface area contributed by atoms with Gasteiger partial charge in [-0.05, 0) is 41.8 Å². The van der Waals surface area contributed by atoms with Crippen molar-refractivity contribution in [2.75, 3.05) is 0 Å². The highest BCUT2D eigenvalue weighted by Crippen LogP contribution is 2.15. The average Bonchev–Trinajstić information content (AvgIpc) is 2.72. The SMILES string of the molecule is O=C(CCc1ccccc1)Oc1ccc(C(=O)OCc2ccccc2)cc1. The first-order chi connectivity index (χ1) is 13.2. The summed E-state index contributed by atoms with van der Waals surface area (Å²) in [6.45, 7) is 0.218. The van der Waals surface area contributed by atoms with Crippen LogP contribution in [0.5, 0.6) is 5.75 Å². The standard InChI is InChI=1S/C23H20O4/c24-22(16-11-18-7-3-1-4-8-18)27-21-14-12-20(13-15-21)23(25)26-17-19-9-5-2-6-10-19/h1-10,12-15H,11,16-17H2. The maximum Gasteiger partial charge on any atom is 0.338 e. The van der Waals surface area contributed by atoms with Gasteiger partial charge in [0.2, 0.25) is 0 Å². The van der Waals surface area contributed by atoms with E-state index in [1.54, 1.807) is 24.3 Å². The Morgan fingerprint density at radius 1 is 0.704 bits per heavy atom. The van der Waals surface area contributed by atoms with Gasteiger partial charge >= 0.3 is 11.9 Å². The second kappa shape index (κ2) is 9.34. The first-order valence-electron chi connectivity index (χ1n) is 8.76. The van der Waals surface area contributed by atoms with Gasteiger partial charge in [-0.1, -0.05) is 60.7 Å². The van der Waals surface area contributed by atoms with Crippen LogP contribution in [0.25, 0.3) is 0 Å². The zero-order valence-corrected chi connectivity index (χ0v) is 14.8. The Hall–Kier alpha value is -3.40. The predicted octanol–water partition coefficient (Wildman–Crippen LogP) is 4.58. The van der Waals surface area contributed by atoms with Crippen molar-refractivity contribution in [2.45, 2.75) is 19.4 Å². The van der Waals surface area contributed by atoms with Gasteiger partial charge in [-0.15, -0.1) is 0 Å². The van der Waals surface area contributed by atoms with Gasteiger partial charge in [-0.3, -0.25) is 4.79 Å². The number of carbonyl (C=O) groups is 2. The minimum absolute atomic E-state index is 0.218. The first kappa shape index (κ1) is 18.4. The van der Waals surface area contributed by atoms with Crippen molar-refractivity contribution in [3.63, 3.8) is 0 Å². The Morgan fingerprint density at radius 2 is 1.30 bits per heavy atom. The molecule has 0 fully saturated rings. The molecule has 0 saturated carbocycles. The summed E-state index contributed by atoms with van der Waals surface area (Å²) in [7, 11) is 0. The van der Waals surface area contributed by atoms with Crippen molar-refractivity contribution < 1.29 is 19.1 Å². The van der Waals surface area contributed by atoms with Crippen molar-refractivity contribution in [1.29, 1.82) is 0 Å². The second-order valence-corrected chi connectivity index (χ2v) is 6.05. The summed E-state index contributed by atoms with van der Waals surface area (Å²) in [6.07, 6.45) is 0.925. The molecule has 27 heavy (non-hydrogen) atoms. The van der Waals surface area contributed by atoms with Crippen molar-refractivity contribution in [1.82, 2.24) is 0 Å². The molecule has 0 amide bonds. The topological polar surface area (TPSA) is 52.6 Å². The van der Waals surface area contributed by atoms with E-state index in [1.165, 1.54) is 0 Å². The van der Waals surface area contributed by atoms with E-state index in [-0.39, 0.29) is 12.6 Å². The summed E-state index contributed by atoms with van der Waals surface area (Å²) >= 11 is 0. The highest BCUT2D eigenvalue weighted by atomic mass is 16.5. The molecule has 0 bridgehead atoms. The number of benzene rings is 3. The number of aryl methyl sites for hydroxylation is 1. The molecular formula is C23H20O4. The van der Waals surface area contributed by atoms with E-state index >= 15 is 0 Å². The lowest BCUT2D eigenvalue weighted by Gasteiger charge is -2.07. The Bertz CT molecular complexity index is 871. The lowest BCUT2D eigenvalue weighted by molar-refractivity contribution is -0.134. The quantitative estimate of drug-likeness (QED) is 0.457. The summed E-state index contributed by atoms with van der Waals surface area (Å²) in [6, 6.07) is 25.6. The molecule has 0 heterocycles. The molecule has 4 nitrogen and oxygen atoms in total. The molecule has 0 atom stereocenters. The molecule has 0 aliphatic rings. The fourth-order valence-corrected chi connectivity index (χ4v) is 2.54. The van der Waals surface area contributed by atoms with Gasteiger partial charge in [0.25, 0.3) is 0 Å². The summed E-state index contributed by atoms with van der Waals surface area (Å²) in [4.78, 5) is 24.0. The molecule has 3 aromatic carbocycles. The van der Waals surface area contributed by atoms with Crippen molar-refractivity contribution in [2.24, 2.45) is 0 Å². The molecule has 0 unspecified atom stereocenters. The van der Waals surface area contributed by atoms with Crippen LogP contribution in [-0.4, -0.2) is 11.9 Å². The molecule has 136 valence electrons. The normalized spacial score (nSPS) is 10.2. The zero-order chi connectivity index (χ0) is 18.9. The van der Waals surface area contributed by atoms with E-state index in [2.05, 4.69) is 0 Å². The summed E-state index contributed by atoms with van der Waals surface area (Å²) in [5, 5.41) is 0. The van der Waals surface area contributed by atoms with Crippen molar-refractivity contribution in [3.05, 3.63) is 102 Å². The van der Waals surface area contributed by atoms with Crippen LogP contribution in [0.3, 0.4) is 0 Å². The fraction of sp³-hybridized carbons (Fsp3) is 0.130. The molecule has 3 aromatic rings. The summed E-state index contributed by atoms with van der Waals surface area (Å²) in [5.74, 6) is -0.313. The molecule has 0 aliphatic heterocycles. The second-order valence-electron chi connectivity index (χ2n) is 6.05. The smallest absolute Gasteiger partial charge is 0.338 e. The van der Waals surface area contributed by atoms with Crippen LogP contribution in [0.2, 0.25) is 0 Å². The molecule has 0 saturated heterocycles. The average molecular weight is 360 g/mol. The lowest BCUT2D eigenvalue weighted by Crippen LogP contribution is -2.09. The highest BCUT2D eigenvalue weighted by Gasteiger charge is 2.10. The van der Waals surface area contributed by atoms with Crippen LogP contribution in [-0.2, 0) is 22.6 Å². The van der Waals surface area contributed by atoms with Crippen LogP contribution >= 0.6 is 0 Å². The third-order valence-corrected chi connectivity index (χ3v) is 4.00. The fourth-order valence-electron chi connectivity index (χ4n) is 2.54. The maximum absolute atomic E-state index is 12.1. The Balaban J connectivity index is 1.47. The molecule has 4 heteroatoms. The van der Waals surface area contributed by atoms with E-state index < -0.39 is 5.97 Å². The molecule has 0 aromatic heterocycles. The molecule has 0 radical (unpaired) electrons. The number of hydrogen-bond donors (Lipinski definition) is 0. The van der Waals surface area contributed by atoms with E-state index in [0.717, 1.165) is 11.1 Å². The number of esters is 2. The largest absolute Gasteiger partial charge is 0.457 e. The molecule has 3 rings (SSSR count). The van der Waals surface area contributed by atoms with Gasteiger partial charge in [-0.2, -0.15) is 0 Å². The number of rotatable bonds is 7. The number of ether oxygens (including phenoxy) is 2. The van der Waals surface area contributed by atoms with Crippen LogP contribution in [0.4, 0.5) is 0 Å². The lowest BCUT2D eigenvalue weighted by atomic mass is 10.1. The van der Waals surface area contributed by atoms with Gasteiger partial charge in [-0.25, -0.2) is 4.79 Å². The number of carbonyl (C=O) groups excluding carboxylic acids is 2. The third kappa shape index (κ3) is 5.82. The molecule has 0 spiro atoms. The van der Waals surface area contributed by atoms with Gasteiger partial charge in [0.05, 0.1) is 5.56 Å². The molecular weight excluding hydrogens is 340 g/mol.